The van der Waals surface area contributed by atoms with Gasteiger partial charge in [-0.1, -0.05) is 0 Å². The minimum absolute atomic E-state index is 0.212. The Labute approximate surface area is 143 Å². The van der Waals surface area contributed by atoms with E-state index in [0.717, 1.165) is 51.8 Å². The summed E-state index contributed by atoms with van der Waals surface area (Å²) in [6, 6.07) is 0. The van der Waals surface area contributed by atoms with E-state index in [4.69, 9.17) is 9.47 Å². The number of thiazole rings is 1. The highest BCUT2D eigenvalue weighted by Gasteiger charge is 2.46. The van der Waals surface area contributed by atoms with Gasteiger partial charge in [-0.05, 0) is 44.9 Å². The van der Waals surface area contributed by atoms with Crippen LogP contribution in [-0.4, -0.2) is 48.9 Å². The number of fused-ring (bicyclic) bond motifs is 1. The summed E-state index contributed by atoms with van der Waals surface area (Å²) >= 11 is 1.79. The number of aromatic nitrogens is 1. The van der Waals surface area contributed by atoms with Crippen molar-refractivity contribution in [2.24, 2.45) is 11.3 Å². The molecule has 1 aliphatic carbocycles. The first-order valence-corrected chi connectivity index (χ1v) is 9.94. The van der Waals surface area contributed by atoms with E-state index in [2.05, 4.69) is 16.8 Å². The lowest BCUT2D eigenvalue weighted by Gasteiger charge is -2.50. The van der Waals surface area contributed by atoms with E-state index < -0.39 is 0 Å². The highest BCUT2D eigenvalue weighted by atomic mass is 32.1. The summed E-state index contributed by atoms with van der Waals surface area (Å²) in [5, 5.41) is 0. The summed E-state index contributed by atoms with van der Waals surface area (Å²) in [5.74, 6) is 0.842. The van der Waals surface area contributed by atoms with E-state index >= 15 is 0 Å². The van der Waals surface area contributed by atoms with Crippen molar-refractivity contribution < 1.29 is 9.47 Å². The van der Waals surface area contributed by atoms with Crippen molar-refractivity contribution in [1.29, 1.82) is 0 Å². The van der Waals surface area contributed by atoms with E-state index in [9.17, 15) is 0 Å². The van der Waals surface area contributed by atoms with E-state index in [0.29, 0.717) is 6.10 Å². The highest BCUT2D eigenvalue weighted by molar-refractivity contribution is 7.09. The molecular formula is C18H28N2O2S. The third-order valence-corrected chi connectivity index (χ3v) is 6.64. The smallest absolute Gasteiger partial charge is 0.0798 e. The SMILES string of the molecule is Cc1ncsc1CN1CC[C@@H]2OCCC[C@]2(COCC2CC2)C1. The maximum absolute atomic E-state index is 6.15. The Morgan fingerprint density at radius 3 is 3.13 bits per heavy atom. The van der Waals surface area contributed by atoms with Gasteiger partial charge < -0.3 is 9.47 Å². The van der Waals surface area contributed by atoms with Crippen LogP contribution in [0.5, 0.6) is 0 Å². The molecule has 23 heavy (non-hydrogen) atoms. The molecule has 5 heteroatoms. The number of aryl methyl sites for hydroxylation is 1. The van der Waals surface area contributed by atoms with Crippen LogP contribution in [0.1, 0.15) is 42.7 Å². The fourth-order valence-corrected chi connectivity index (χ4v) is 4.94. The van der Waals surface area contributed by atoms with Gasteiger partial charge >= 0.3 is 0 Å². The molecule has 0 amide bonds. The number of hydrogen-bond donors (Lipinski definition) is 0. The van der Waals surface area contributed by atoms with Crippen molar-refractivity contribution in [3.8, 4) is 0 Å². The third-order valence-electron chi connectivity index (χ3n) is 5.72. The molecule has 0 spiro atoms. The summed E-state index contributed by atoms with van der Waals surface area (Å²) in [4.78, 5) is 8.41. The Bertz CT molecular complexity index is 531. The van der Waals surface area contributed by atoms with Crippen LogP contribution in [0.25, 0.3) is 0 Å². The first kappa shape index (κ1) is 16.0. The zero-order valence-corrected chi connectivity index (χ0v) is 14.9. The zero-order chi connectivity index (χ0) is 15.7. The predicted octanol–water partition coefficient (Wildman–Crippen LogP) is 3.25. The second-order valence-electron chi connectivity index (χ2n) is 7.64. The van der Waals surface area contributed by atoms with E-state index in [1.807, 2.05) is 5.51 Å². The second kappa shape index (κ2) is 6.79. The average Bonchev–Trinajstić information content (AvgIpc) is 3.30. The van der Waals surface area contributed by atoms with Gasteiger partial charge in [-0.15, -0.1) is 11.3 Å². The normalized spacial score (nSPS) is 32.0. The summed E-state index contributed by atoms with van der Waals surface area (Å²) in [5.41, 5.74) is 3.37. The Hall–Kier alpha value is -0.490. The maximum atomic E-state index is 6.15. The van der Waals surface area contributed by atoms with Crippen LogP contribution in [0.4, 0.5) is 0 Å². The zero-order valence-electron chi connectivity index (χ0n) is 14.1. The number of piperidine rings is 1. The molecule has 0 bridgehead atoms. The predicted molar refractivity (Wildman–Crippen MR) is 91.7 cm³/mol. The summed E-state index contributed by atoms with van der Waals surface area (Å²) < 4.78 is 12.3. The van der Waals surface area contributed by atoms with Gasteiger partial charge in [0.25, 0.3) is 0 Å². The molecule has 0 aromatic carbocycles. The molecule has 0 N–H and O–H groups in total. The largest absolute Gasteiger partial charge is 0.380 e. The van der Waals surface area contributed by atoms with Gasteiger partial charge in [0.15, 0.2) is 0 Å². The van der Waals surface area contributed by atoms with Crippen LogP contribution < -0.4 is 0 Å². The molecular weight excluding hydrogens is 308 g/mol. The van der Waals surface area contributed by atoms with Crippen LogP contribution in [0.3, 0.4) is 0 Å². The molecule has 1 saturated carbocycles. The van der Waals surface area contributed by atoms with E-state index in [1.165, 1.54) is 36.3 Å². The van der Waals surface area contributed by atoms with Crippen molar-refractivity contribution in [2.45, 2.75) is 51.7 Å². The Kier molecular flexibility index (Phi) is 4.72. The molecule has 1 aromatic rings. The first-order chi connectivity index (χ1) is 11.3. The molecule has 1 aromatic heterocycles. The topological polar surface area (TPSA) is 34.6 Å². The monoisotopic (exact) mass is 336 g/mol. The lowest BCUT2D eigenvalue weighted by Crippen LogP contribution is -2.56. The molecule has 4 rings (SSSR count). The van der Waals surface area contributed by atoms with Crippen molar-refractivity contribution in [3.05, 3.63) is 16.1 Å². The average molecular weight is 337 g/mol. The lowest BCUT2D eigenvalue weighted by atomic mass is 9.73. The third kappa shape index (κ3) is 3.63. The molecule has 128 valence electrons. The Balaban J connectivity index is 1.42. The minimum Gasteiger partial charge on any atom is -0.380 e. The van der Waals surface area contributed by atoms with Crippen molar-refractivity contribution in [2.75, 3.05) is 32.9 Å². The van der Waals surface area contributed by atoms with Crippen LogP contribution in [0, 0.1) is 18.3 Å². The number of likely N-dealkylation sites (tertiary alicyclic amines) is 1. The molecule has 3 aliphatic rings. The van der Waals surface area contributed by atoms with Crippen molar-refractivity contribution >= 4 is 11.3 Å². The van der Waals surface area contributed by atoms with Crippen LogP contribution >= 0.6 is 11.3 Å². The van der Waals surface area contributed by atoms with Gasteiger partial charge in [-0.2, -0.15) is 0 Å². The molecule has 2 saturated heterocycles. The van der Waals surface area contributed by atoms with Gasteiger partial charge in [0.05, 0.1) is 23.9 Å². The first-order valence-electron chi connectivity index (χ1n) is 9.06. The molecule has 3 fully saturated rings. The Morgan fingerprint density at radius 1 is 1.43 bits per heavy atom. The van der Waals surface area contributed by atoms with Gasteiger partial charge in [0.2, 0.25) is 0 Å². The number of hydrogen-bond acceptors (Lipinski definition) is 5. The quantitative estimate of drug-likeness (QED) is 0.799. The minimum atomic E-state index is 0.212. The number of rotatable bonds is 6. The van der Waals surface area contributed by atoms with Crippen molar-refractivity contribution in [1.82, 2.24) is 9.88 Å². The van der Waals surface area contributed by atoms with Gasteiger partial charge in [-0.25, -0.2) is 4.98 Å². The second-order valence-corrected chi connectivity index (χ2v) is 8.58. The van der Waals surface area contributed by atoms with Gasteiger partial charge in [0.1, 0.15) is 0 Å². The molecule has 4 nitrogen and oxygen atoms in total. The van der Waals surface area contributed by atoms with Crippen molar-refractivity contribution in [3.63, 3.8) is 0 Å². The molecule has 2 aliphatic heterocycles. The summed E-state index contributed by atoms with van der Waals surface area (Å²) in [6.45, 7) is 8.17. The van der Waals surface area contributed by atoms with E-state index in [-0.39, 0.29) is 5.41 Å². The van der Waals surface area contributed by atoms with Gasteiger partial charge in [0, 0.05) is 43.1 Å². The summed E-state index contributed by atoms with van der Waals surface area (Å²) in [7, 11) is 0. The fraction of sp³-hybridized carbons (Fsp3) is 0.833. The molecule has 2 atom stereocenters. The van der Waals surface area contributed by atoms with Crippen LogP contribution in [0.2, 0.25) is 0 Å². The molecule has 0 unspecified atom stereocenters. The number of ether oxygens (including phenoxy) is 2. The molecule has 0 radical (unpaired) electrons. The number of nitrogens with zero attached hydrogens (tertiary/aromatic N) is 2. The standard InChI is InChI=1S/C18H28N2O2S/c1-14-16(23-13-19-14)9-20-7-5-17-18(11-20,6-2-8-22-17)12-21-10-15-3-4-15/h13,15,17H,2-12H2,1H3/t17-,18+/m0/s1. The Morgan fingerprint density at radius 2 is 2.35 bits per heavy atom. The van der Waals surface area contributed by atoms with Gasteiger partial charge in [-0.3, -0.25) is 4.90 Å². The van der Waals surface area contributed by atoms with E-state index in [1.54, 1.807) is 11.3 Å². The van der Waals surface area contributed by atoms with Crippen LogP contribution in [0.15, 0.2) is 5.51 Å². The fourth-order valence-electron chi connectivity index (χ4n) is 4.12. The van der Waals surface area contributed by atoms with Crippen LogP contribution in [-0.2, 0) is 16.0 Å². The molecule has 3 heterocycles. The maximum Gasteiger partial charge on any atom is 0.0798 e. The highest BCUT2D eigenvalue weighted by Crippen LogP contribution is 2.41. The summed E-state index contributed by atoms with van der Waals surface area (Å²) in [6.07, 6.45) is 6.70. The lowest BCUT2D eigenvalue weighted by molar-refractivity contribution is -0.154.